The summed E-state index contributed by atoms with van der Waals surface area (Å²) in [4.78, 5) is 109. The number of hydrogen-bond donors (Lipinski definition) is 0. The first-order valence-corrected chi connectivity index (χ1v) is 47.2. The third-order valence-electron chi connectivity index (χ3n) is 28.1. The van der Waals surface area contributed by atoms with Crippen molar-refractivity contribution in [2.75, 3.05) is 6.54 Å². The molecule has 616 valence electrons. The molecule has 10 atom stereocenters. The van der Waals surface area contributed by atoms with Gasteiger partial charge in [-0.3, -0.25) is 57.3 Å². The molecule has 4 amide bonds. The summed E-state index contributed by atoms with van der Waals surface area (Å²) in [7, 11) is 0. The average Bonchev–Trinajstić information content (AvgIpc) is 1.58. The molecule has 0 radical (unpaired) electrons. The van der Waals surface area contributed by atoms with Gasteiger partial charge < -0.3 is 0 Å². The van der Waals surface area contributed by atoms with Crippen LogP contribution in [-0.4, -0.2) is 54.6 Å². The molecule has 0 saturated heterocycles. The Bertz CT molecular complexity index is 3250. The zero-order valence-corrected chi connectivity index (χ0v) is 71.1. The van der Waals surface area contributed by atoms with Gasteiger partial charge in [-0.15, -0.1) is 0 Å². The molecule has 2 aliphatic heterocycles. The summed E-state index contributed by atoms with van der Waals surface area (Å²) in [6, 6.07) is 2.90. The molecule has 109 heavy (non-hydrogen) atoms. The highest BCUT2D eigenvalue weighted by molar-refractivity contribution is 6.14. The van der Waals surface area contributed by atoms with Gasteiger partial charge in [0.1, 0.15) is 0 Å². The van der Waals surface area contributed by atoms with Crippen LogP contribution in [0.5, 0.6) is 0 Å². The molecule has 4 aliphatic rings. The maximum absolute atomic E-state index is 14.2. The molecule has 3 aromatic rings. The smallest absolute Gasteiger partial charge is 0.261 e. The lowest BCUT2D eigenvalue weighted by Gasteiger charge is -2.44. The van der Waals surface area contributed by atoms with Gasteiger partial charge in [-0.2, -0.15) is 0 Å². The number of fused-ring (bicyclic) bond motifs is 2. The number of carbonyl (C=O) groups is 4. The largest absolute Gasteiger partial charge is 0.275 e. The Hall–Kier alpha value is -4.74. The van der Waals surface area contributed by atoms with Crippen molar-refractivity contribution in [3.05, 3.63) is 77.9 Å². The minimum Gasteiger partial charge on any atom is -0.275 e. The van der Waals surface area contributed by atoms with Gasteiger partial charge in [-0.25, -0.2) is 0 Å². The lowest BCUT2D eigenvalue weighted by molar-refractivity contribution is -0.144. The average molecular weight is 1510 g/mol. The van der Waals surface area contributed by atoms with E-state index in [1.54, 1.807) is 12.1 Å². The van der Waals surface area contributed by atoms with Gasteiger partial charge in [0.15, 0.2) is 0 Å². The Balaban J connectivity index is 0.856. The first kappa shape index (κ1) is 91.4. The van der Waals surface area contributed by atoms with E-state index in [1.165, 1.54) is 332 Å². The van der Waals surface area contributed by atoms with Gasteiger partial charge in [0, 0.05) is 49.0 Å². The van der Waals surface area contributed by atoms with Gasteiger partial charge in [0.2, 0.25) is 0 Å². The minimum atomic E-state index is -0.409. The van der Waals surface area contributed by atoms with Crippen LogP contribution >= 0.6 is 0 Å². The molecule has 1 aromatic carbocycles. The number of aromatic nitrogens is 2. The lowest BCUT2D eigenvalue weighted by atomic mass is 9.61. The number of carbonyl (C=O) groups excluding carboxylic acids is 4. The summed E-state index contributed by atoms with van der Waals surface area (Å²) in [5, 5.41) is 1.05. The molecule has 12 nitrogen and oxygen atoms in total. The first-order chi connectivity index (χ1) is 53.2. The Morgan fingerprint density at radius 1 is 0.321 bits per heavy atom. The number of imide groups is 2. The Kier molecular flexibility index (Phi) is 43.5. The number of nitrogens with zero attached hydrogens (tertiary/aromatic N) is 4. The van der Waals surface area contributed by atoms with E-state index in [0.29, 0.717) is 19.5 Å². The maximum Gasteiger partial charge on any atom is 0.261 e. The van der Waals surface area contributed by atoms with E-state index in [0.717, 1.165) is 137 Å². The van der Waals surface area contributed by atoms with Gasteiger partial charge in [-0.05, 0) is 156 Å². The number of hydrogen-bond acceptors (Lipinski definition) is 8. The summed E-state index contributed by atoms with van der Waals surface area (Å²) in [5.41, 5.74) is -1.75. The van der Waals surface area contributed by atoms with Gasteiger partial charge in [0.25, 0.3) is 45.9 Å². The summed E-state index contributed by atoms with van der Waals surface area (Å²) < 4.78 is 2.81. The van der Waals surface area contributed by atoms with E-state index in [4.69, 9.17) is 0 Å². The molecule has 2 fully saturated rings. The number of amides is 4. The molecule has 10 unspecified atom stereocenters. The molecule has 2 aliphatic carbocycles. The topological polar surface area (TPSA) is 153 Å². The van der Waals surface area contributed by atoms with Crippen molar-refractivity contribution in [1.29, 1.82) is 0 Å². The van der Waals surface area contributed by atoms with Crippen LogP contribution in [0.15, 0.2) is 55.6 Å². The van der Waals surface area contributed by atoms with Crippen molar-refractivity contribution in [1.82, 2.24) is 18.9 Å². The highest BCUT2D eigenvalue weighted by atomic mass is 16.2. The van der Waals surface area contributed by atoms with Crippen LogP contribution in [0.2, 0.25) is 0 Å². The Morgan fingerprint density at radius 3 is 0.954 bits per heavy atom. The van der Waals surface area contributed by atoms with E-state index >= 15 is 0 Å². The number of rotatable bonds is 64. The predicted molar refractivity (Wildman–Crippen MR) is 458 cm³/mol. The van der Waals surface area contributed by atoms with Gasteiger partial charge >= 0.3 is 0 Å². The molecule has 2 aromatic heterocycles. The highest BCUT2D eigenvalue weighted by Crippen LogP contribution is 2.50. The van der Waals surface area contributed by atoms with Crippen LogP contribution in [0.4, 0.5) is 0 Å². The fraction of sp³-hybridized carbons (Fsp3) is 0.814. The molecule has 0 N–H and O–H groups in total. The standard InChI is InChI=1S/C97H160N4O8/c1-8-14-18-22-35-47-59-81-76(54-42-20-16-10-3)63-65-78(83(81)61-49-37-27-30-40-52-72-98-89(102)67-68-90(98)103)56-44-32-24-25-34-46-58-80(12-5)100-95(108)87-74-85-86(75-88(87)96(100)109)94(107)99(93(85)106)73-53-41-31-28-38-50-62-84-79(66-64-77(55-43-21-17-11-4)82(84)60-48-36-23-19-15-9-2)57-45-33-26-29-39-51-71-97(7,13-6)101-91(104)69-70-92(101)105/h67-70,74-84H,8-66,71-73H2,1-7H3. The zero-order valence-electron chi connectivity index (χ0n) is 71.1. The van der Waals surface area contributed by atoms with Crippen molar-refractivity contribution in [2.24, 2.45) is 47.3 Å². The Labute approximate surface area is 663 Å². The zero-order chi connectivity index (χ0) is 78.0. The SMILES string of the molecule is CCCCCCCCC1C(CCCCCC)CCC(CCCCCCCCC(CC)n2c(=O)c3cc4c(=O)n(CCCCCCCCC5C(CCCCCCCCC(C)(CC)N6C(=O)C=CC6=O)CCC(CCCCCC)C5CCCCCCCC)c(=O)c4cc3c2=O)C1CCCCCCCCN1C(=O)C=CC1=O. The molecule has 12 heteroatoms. The molecular formula is C97H160N4O8. The van der Waals surface area contributed by atoms with Crippen LogP contribution in [0.3, 0.4) is 0 Å². The first-order valence-electron chi connectivity index (χ1n) is 47.2. The fourth-order valence-electron chi connectivity index (χ4n) is 21.3. The van der Waals surface area contributed by atoms with E-state index in [-0.39, 0.29) is 73.5 Å². The number of unbranched alkanes of at least 4 members (excludes halogenated alkanes) is 36. The maximum atomic E-state index is 14.2. The van der Waals surface area contributed by atoms with E-state index < -0.39 is 5.54 Å². The summed E-state index contributed by atoms with van der Waals surface area (Å²) >= 11 is 0. The van der Waals surface area contributed by atoms with Crippen LogP contribution in [0, 0.1) is 47.3 Å². The quantitative estimate of drug-likeness (QED) is 0.0400. The minimum absolute atomic E-state index is 0.165. The molecule has 0 bridgehead atoms. The molecule has 4 heterocycles. The highest BCUT2D eigenvalue weighted by Gasteiger charge is 2.41. The summed E-state index contributed by atoms with van der Waals surface area (Å²) in [6.45, 7) is 16.4. The van der Waals surface area contributed by atoms with Crippen LogP contribution < -0.4 is 22.2 Å². The van der Waals surface area contributed by atoms with Crippen LogP contribution in [-0.2, 0) is 25.7 Å². The predicted octanol–water partition coefficient (Wildman–Crippen LogP) is 25.5. The fourth-order valence-corrected chi connectivity index (χ4v) is 21.3. The van der Waals surface area contributed by atoms with Crippen molar-refractivity contribution < 1.29 is 19.2 Å². The van der Waals surface area contributed by atoms with E-state index in [1.807, 2.05) is 0 Å². The summed E-state index contributed by atoms with van der Waals surface area (Å²) in [6.07, 6.45) is 80.2. The van der Waals surface area contributed by atoms with Gasteiger partial charge in [0.05, 0.1) is 21.5 Å². The third-order valence-corrected chi connectivity index (χ3v) is 28.1. The molecule has 7 rings (SSSR count). The molecular weight excluding hydrogens is 1350 g/mol. The van der Waals surface area contributed by atoms with E-state index in [2.05, 4.69) is 48.5 Å². The molecule has 0 spiro atoms. The van der Waals surface area contributed by atoms with Crippen molar-refractivity contribution in [2.45, 2.75) is 452 Å². The van der Waals surface area contributed by atoms with Crippen molar-refractivity contribution in [3.63, 3.8) is 0 Å². The monoisotopic (exact) mass is 1510 g/mol. The third kappa shape index (κ3) is 28.9. The normalized spacial score (nSPS) is 21.3. The molecule has 2 saturated carbocycles. The number of benzene rings is 1. The van der Waals surface area contributed by atoms with Gasteiger partial charge in [-0.1, -0.05) is 337 Å². The second-order valence-electron chi connectivity index (χ2n) is 35.9. The van der Waals surface area contributed by atoms with Crippen molar-refractivity contribution in [3.8, 4) is 0 Å². The van der Waals surface area contributed by atoms with E-state index in [9.17, 15) is 38.4 Å². The second-order valence-corrected chi connectivity index (χ2v) is 35.9. The second kappa shape index (κ2) is 51.9. The van der Waals surface area contributed by atoms with Crippen LogP contribution in [0.25, 0.3) is 21.5 Å². The van der Waals surface area contributed by atoms with Crippen LogP contribution in [0.1, 0.15) is 440 Å². The lowest BCUT2D eigenvalue weighted by Crippen LogP contribution is -2.49. The Morgan fingerprint density at radius 2 is 0.606 bits per heavy atom. The summed E-state index contributed by atoms with van der Waals surface area (Å²) in [5.74, 6) is 6.09. The van der Waals surface area contributed by atoms with Crippen molar-refractivity contribution >= 4 is 45.2 Å².